The second-order valence-corrected chi connectivity index (χ2v) is 7.00. The summed E-state index contributed by atoms with van der Waals surface area (Å²) in [4.78, 5) is 22.5. The molecule has 134 valence electrons. The predicted molar refractivity (Wildman–Crippen MR) is 101 cm³/mol. The minimum atomic E-state index is -0.0624. The van der Waals surface area contributed by atoms with Gasteiger partial charge in [-0.3, -0.25) is 14.4 Å². The van der Waals surface area contributed by atoms with Crippen LogP contribution in [-0.4, -0.2) is 31.2 Å². The highest BCUT2D eigenvalue weighted by Gasteiger charge is 2.23. The number of hydrogen-bond acceptors (Lipinski definition) is 4. The minimum Gasteiger partial charge on any atom is -0.306 e. The molecule has 0 unspecified atom stereocenters. The van der Waals surface area contributed by atoms with Crippen LogP contribution in [0, 0.1) is 6.92 Å². The van der Waals surface area contributed by atoms with E-state index in [-0.39, 0.29) is 5.56 Å². The van der Waals surface area contributed by atoms with Crippen LogP contribution < -0.4 is 5.56 Å². The molecular weight excluding hydrogens is 350 g/mol. The molecule has 0 amide bonds. The summed E-state index contributed by atoms with van der Waals surface area (Å²) in [5.41, 5.74) is 4.43. The molecule has 0 radical (unpaired) electrons. The summed E-state index contributed by atoms with van der Waals surface area (Å²) in [6.45, 7) is 4.04. The predicted octanol–water partition coefficient (Wildman–Crippen LogP) is 2.69. The van der Waals surface area contributed by atoms with Gasteiger partial charge in [-0.15, -0.1) is 0 Å². The molecule has 1 aliphatic heterocycles. The van der Waals surface area contributed by atoms with Crippen LogP contribution >= 0.6 is 11.6 Å². The highest BCUT2D eigenvalue weighted by molar-refractivity contribution is 6.30. The Labute approximate surface area is 156 Å². The highest BCUT2D eigenvalue weighted by Crippen LogP contribution is 2.24. The van der Waals surface area contributed by atoms with Crippen LogP contribution in [0.25, 0.3) is 11.4 Å². The number of aryl methyl sites for hydroxylation is 2. The maximum Gasteiger partial charge on any atom is 0.255 e. The van der Waals surface area contributed by atoms with E-state index in [0.29, 0.717) is 24.1 Å². The van der Waals surface area contributed by atoms with Crippen molar-refractivity contribution < 1.29 is 0 Å². The second kappa shape index (κ2) is 6.70. The fourth-order valence-corrected chi connectivity index (χ4v) is 3.66. The molecule has 0 saturated carbocycles. The van der Waals surface area contributed by atoms with Crippen LogP contribution in [0.2, 0.25) is 5.15 Å². The number of nitrogens with zero attached hydrogens (tertiary/aromatic N) is 4. The lowest BCUT2D eigenvalue weighted by Crippen LogP contribution is -2.35. The van der Waals surface area contributed by atoms with Gasteiger partial charge in [0.2, 0.25) is 0 Å². The first-order valence-corrected chi connectivity index (χ1v) is 8.98. The van der Waals surface area contributed by atoms with Crippen molar-refractivity contribution in [1.29, 1.82) is 0 Å². The normalized spacial score (nSPS) is 14.4. The molecule has 0 spiro atoms. The number of nitrogens with one attached hydrogen (secondary N) is 1. The molecule has 1 aromatic carbocycles. The molecule has 1 aliphatic rings. The van der Waals surface area contributed by atoms with E-state index in [1.165, 1.54) is 0 Å². The summed E-state index contributed by atoms with van der Waals surface area (Å²) in [5, 5.41) is 5.01. The third kappa shape index (κ3) is 3.06. The molecule has 2 aromatic heterocycles. The SMILES string of the molecule is Cc1nn(C)c(Cl)c1CN1CCc2nc(-c3ccccc3)[nH]c(=O)c2C1. The van der Waals surface area contributed by atoms with Crippen LogP contribution in [0.15, 0.2) is 35.1 Å². The first-order valence-electron chi connectivity index (χ1n) is 8.60. The number of aromatic amines is 1. The molecular formula is C19H20ClN5O. The topological polar surface area (TPSA) is 66.8 Å². The molecule has 0 aliphatic carbocycles. The molecule has 26 heavy (non-hydrogen) atoms. The Kier molecular flexibility index (Phi) is 4.38. The number of rotatable bonds is 3. The van der Waals surface area contributed by atoms with Gasteiger partial charge in [-0.25, -0.2) is 4.98 Å². The van der Waals surface area contributed by atoms with Gasteiger partial charge in [0, 0.05) is 44.2 Å². The average molecular weight is 370 g/mol. The van der Waals surface area contributed by atoms with Crippen molar-refractivity contribution in [2.45, 2.75) is 26.4 Å². The Balaban J connectivity index is 1.60. The van der Waals surface area contributed by atoms with Gasteiger partial charge in [0.15, 0.2) is 0 Å². The molecule has 0 bridgehead atoms. The Morgan fingerprint density at radius 3 is 2.73 bits per heavy atom. The smallest absolute Gasteiger partial charge is 0.255 e. The van der Waals surface area contributed by atoms with Crippen LogP contribution in [0.1, 0.15) is 22.5 Å². The fraction of sp³-hybridized carbons (Fsp3) is 0.316. The van der Waals surface area contributed by atoms with Gasteiger partial charge < -0.3 is 4.98 Å². The molecule has 0 saturated heterocycles. The van der Waals surface area contributed by atoms with Crippen molar-refractivity contribution in [3.63, 3.8) is 0 Å². The lowest BCUT2D eigenvalue weighted by Gasteiger charge is -2.27. The maximum atomic E-state index is 12.6. The third-order valence-electron chi connectivity index (χ3n) is 4.85. The van der Waals surface area contributed by atoms with Gasteiger partial charge >= 0.3 is 0 Å². The zero-order valence-corrected chi connectivity index (χ0v) is 15.5. The lowest BCUT2D eigenvalue weighted by atomic mass is 10.1. The first kappa shape index (κ1) is 17.0. The van der Waals surface area contributed by atoms with Crippen LogP contribution in [0.3, 0.4) is 0 Å². The average Bonchev–Trinajstić information content (AvgIpc) is 2.89. The van der Waals surface area contributed by atoms with E-state index in [1.807, 2.05) is 44.3 Å². The monoisotopic (exact) mass is 369 g/mol. The zero-order chi connectivity index (χ0) is 18.3. The van der Waals surface area contributed by atoms with Crippen LogP contribution in [0.4, 0.5) is 0 Å². The van der Waals surface area contributed by atoms with E-state index in [1.54, 1.807) is 4.68 Å². The molecule has 0 fully saturated rings. The maximum absolute atomic E-state index is 12.6. The number of fused-ring (bicyclic) bond motifs is 1. The molecule has 7 heteroatoms. The van der Waals surface area contributed by atoms with E-state index >= 15 is 0 Å². The Bertz CT molecular complexity index is 1010. The van der Waals surface area contributed by atoms with Crippen molar-refractivity contribution in [1.82, 2.24) is 24.6 Å². The van der Waals surface area contributed by atoms with Crippen LogP contribution in [-0.2, 0) is 26.6 Å². The Morgan fingerprint density at radius 2 is 2.04 bits per heavy atom. The number of hydrogen-bond donors (Lipinski definition) is 1. The van der Waals surface area contributed by atoms with Gasteiger partial charge in [0.1, 0.15) is 11.0 Å². The number of H-pyrrole nitrogens is 1. The Hall–Kier alpha value is -2.44. The van der Waals surface area contributed by atoms with E-state index in [9.17, 15) is 4.79 Å². The number of halogens is 1. The fourth-order valence-electron chi connectivity index (χ4n) is 3.43. The van der Waals surface area contributed by atoms with Crippen molar-refractivity contribution in [2.24, 2.45) is 7.05 Å². The molecule has 0 atom stereocenters. The summed E-state index contributed by atoms with van der Waals surface area (Å²) in [6.07, 6.45) is 0.746. The van der Waals surface area contributed by atoms with Crippen molar-refractivity contribution in [2.75, 3.05) is 6.54 Å². The van der Waals surface area contributed by atoms with E-state index < -0.39 is 0 Å². The summed E-state index contributed by atoms with van der Waals surface area (Å²) < 4.78 is 1.69. The first-order chi connectivity index (χ1) is 12.5. The van der Waals surface area contributed by atoms with E-state index in [0.717, 1.165) is 41.0 Å². The van der Waals surface area contributed by atoms with E-state index in [2.05, 4.69) is 15.0 Å². The molecule has 6 nitrogen and oxygen atoms in total. The molecule has 1 N–H and O–H groups in total. The number of aromatic nitrogens is 4. The standard InChI is InChI=1S/C19H20ClN5O/c1-12-14(17(20)24(2)23-12)10-25-9-8-16-15(11-25)19(26)22-18(21-16)13-6-4-3-5-7-13/h3-7H,8-11H2,1-2H3,(H,21,22,26). The number of benzene rings is 1. The van der Waals surface area contributed by atoms with Gasteiger partial charge in [-0.1, -0.05) is 41.9 Å². The lowest BCUT2D eigenvalue weighted by molar-refractivity contribution is 0.241. The summed E-state index contributed by atoms with van der Waals surface area (Å²) in [5.74, 6) is 0.633. The van der Waals surface area contributed by atoms with Gasteiger partial charge in [-0.2, -0.15) is 5.10 Å². The van der Waals surface area contributed by atoms with Gasteiger partial charge in [0.05, 0.1) is 17.0 Å². The molecule has 3 heterocycles. The van der Waals surface area contributed by atoms with Crippen LogP contribution in [0.5, 0.6) is 0 Å². The largest absolute Gasteiger partial charge is 0.306 e. The Morgan fingerprint density at radius 1 is 1.27 bits per heavy atom. The second-order valence-electron chi connectivity index (χ2n) is 6.64. The molecule has 3 aromatic rings. The van der Waals surface area contributed by atoms with Crippen molar-refractivity contribution in [3.05, 3.63) is 68.4 Å². The quantitative estimate of drug-likeness (QED) is 0.770. The summed E-state index contributed by atoms with van der Waals surface area (Å²) in [6, 6.07) is 9.73. The van der Waals surface area contributed by atoms with Crippen molar-refractivity contribution >= 4 is 11.6 Å². The third-order valence-corrected chi connectivity index (χ3v) is 5.32. The molecule has 4 rings (SSSR count). The van der Waals surface area contributed by atoms with Crippen molar-refractivity contribution in [3.8, 4) is 11.4 Å². The van der Waals surface area contributed by atoms with Gasteiger partial charge in [0.25, 0.3) is 5.56 Å². The summed E-state index contributed by atoms with van der Waals surface area (Å²) >= 11 is 6.35. The van der Waals surface area contributed by atoms with Gasteiger partial charge in [-0.05, 0) is 6.92 Å². The summed E-state index contributed by atoms with van der Waals surface area (Å²) in [7, 11) is 1.84. The van der Waals surface area contributed by atoms with E-state index in [4.69, 9.17) is 16.6 Å². The highest BCUT2D eigenvalue weighted by atomic mass is 35.5. The minimum absolute atomic E-state index is 0.0624. The zero-order valence-electron chi connectivity index (χ0n) is 14.8.